The molecule has 2 N–H and O–H groups in total. The second-order valence-electron chi connectivity index (χ2n) is 8.89. The van der Waals surface area contributed by atoms with Crippen LogP contribution >= 0.6 is 0 Å². The molecule has 5 rings (SSSR count). The van der Waals surface area contributed by atoms with Gasteiger partial charge in [-0.3, -0.25) is 19.2 Å². The Bertz CT molecular complexity index is 1070. The first kappa shape index (κ1) is 22.8. The Balaban J connectivity index is 0.000000601. The molecule has 10 heteroatoms. The molecule has 2 aliphatic heterocycles. The minimum atomic E-state index is -0.833. The molecule has 0 radical (unpaired) electrons. The number of likely N-dealkylation sites (tertiary alicyclic amines) is 1. The zero-order valence-electron chi connectivity index (χ0n) is 18.5. The molecule has 3 aliphatic rings. The SMILES string of the molecule is CC(=O)O.O=C(NC[C@H]1[C@H]2C[C@H](CN(C(=O)c3cnco3)C2)c2cccc(=O)n21)C1CCC1. The van der Waals surface area contributed by atoms with Crippen LogP contribution in [0.5, 0.6) is 0 Å². The number of rotatable bonds is 4. The third kappa shape index (κ3) is 4.84. The standard InChI is InChI=1S/C21H24N4O4.C2H4O2/c26-19-6-2-5-16-14-7-15(11-24(10-14)21(28)18-9-22-12-29-18)17(25(16)19)8-23-20(27)13-3-1-4-13;1-2(3)4/h2,5-6,9,12-15,17H,1,3-4,7-8,10-11H2,(H,23,27);1H3,(H,3,4)/t14-,15+,17+;/m1./s1. The van der Waals surface area contributed by atoms with Crippen LogP contribution in [-0.2, 0) is 9.59 Å². The number of carboxylic acids is 1. The van der Waals surface area contributed by atoms with Crippen molar-refractivity contribution in [3.63, 3.8) is 0 Å². The molecule has 0 unspecified atom stereocenters. The number of aromatic nitrogens is 2. The van der Waals surface area contributed by atoms with E-state index in [1.807, 2.05) is 10.6 Å². The maximum Gasteiger partial charge on any atom is 0.300 e. The van der Waals surface area contributed by atoms with Crippen molar-refractivity contribution in [1.82, 2.24) is 19.8 Å². The summed E-state index contributed by atoms with van der Waals surface area (Å²) < 4.78 is 7.04. The normalized spacial score (nSPS) is 23.4. The minimum absolute atomic E-state index is 0.0462. The van der Waals surface area contributed by atoms with E-state index in [1.54, 1.807) is 17.0 Å². The third-order valence-electron chi connectivity index (χ3n) is 6.69. The van der Waals surface area contributed by atoms with E-state index in [0.717, 1.165) is 38.3 Å². The summed E-state index contributed by atoms with van der Waals surface area (Å²) in [6.45, 7) is 2.56. The van der Waals surface area contributed by atoms with E-state index in [-0.39, 0.29) is 46.9 Å². The Morgan fingerprint density at radius 3 is 2.64 bits per heavy atom. The highest BCUT2D eigenvalue weighted by Gasteiger charge is 2.42. The van der Waals surface area contributed by atoms with Crippen LogP contribution in [0.4, 0.5) is 0 Å². The number of aliphatic carboxylic acids is 1. The summed E-state index contributed by atoms with van der Waals surface area (Å²) in [4.78, 5) is 52.6. The lowest BCUT2D eigenvalue weighted by Crippen LogP contribution is -2.53. The maximum absolute atomic E-state index is 12.8. The summed E-state index contributed by atoms with van der Waals surface area (Å²) in [5.74, 6) is -0.419. The highest BCUT2D eigenvalue weighted by molar-refractivity contribution is 5.91. The van der Waals surface area contributed by atoms with Gasteiger partial charge in [-0.05, 0) is 31.2 Å². The van der Waals surface area contributed by atoms with E-state index in [1.165, 1.54) is 12.6 Å². The van der Waals surface area contributed by atoms with E-state index in [9.17, 15) is 14.4 Å². The fourth-order valence-corrected chi connectivity index (χ4v) is 4.97. The topological polar surface area (TPSA) is 135 Å². The molecule has 1 saturated carbocycles. The van der Waals surface area contributed by atoms with E-state index in [2.05, 4.69) is 10.3 Å². The second kappa shape index (κ2) is 9.60. The Morgan fingerprint density at radius 2 is 2.00 bits per heavy atom. The number of pyridine rings is 1. The predicted octanol–water partition coefficient (Wildman–Crippen LogP) is 1.64. The first-order valence-electron chi connectivity index (χ1n) is 11.2. The lowest BCUT2D eigenvalue weighted by atomic mass is 9.78. The number of carbonyl (C=O) groups is 3. The molecule has 2 amide bonds. The van der Waals surface area contributed by atoms with Crippen LogP contribution in [0.2, 0.25) is 0 Å². The van der Waals surface area contributed by atoms with Gasteiger partial charge < -0.3 is 24.3 Å². The van der Waals surface area contributed by atoms with E-state index in [4.69, 9.17) is 14.3 Å². The third-order valence-corrected chi connectivity index (χ3v) is 6.69. The van der Waals surface area contributed by atoms with Crippen molar-refractivity contribution >= 4 is 17.8 Å². The Morgan fingerprint density at radius 1 is 1.24 bits per heavy atom. The quantitative estimate of drug-likeness (QED) is 0.714. The summed E-state index contributed by atoms with van der Waals surface area (Å²) in [5, 5.41) is 10.5. The molecule has 0 spiro atoms. The number of hydrogen-bond acceptors (Lipinski definition) is 6. The summed E-state index contributed by atoms with van der Waals surface area (Å²) in [5.41, 5.74) is 0.891. The average Bonchev–Trinajstić information content (AvgIpc) is 3.26. The van der Waals surface area contributed by atoms with Crippen molar-refractivity contribution in [3.05, 3.63) is 52.6 Å². The number of nitrogens with zero attached hydrogens (tertiary/aromatic N) is 3. The monoisotopic (exact) mass is 456 g/mol. The van der Waals surface area contributed by atoms with Gasteiger partial charge >= 0.3 is 0 Å². The first-order valence-corrected chi connectivity index (χ1v) is 11.2. The average molecular weight is 456 g/mol. The lowest BCUT2D eigenvalue weighted by Gasteiger charge is -2.46. The van der Waals surface area contributed by atoms with Crippen molar-refractivity contribution in [2.75, 3.05) is 19.6 Å². The molecular weight excluding hydrogens is 428 g/mol. The van der Waals surface area contributed by atoms with E-state index in [0.29, 0.717) is 19.6 Å². The van der Waals surface area contributed by atoms with Crippen LogP contribution in [0, 0.1) is 11.8 Å². The Kier molecular flexibility index (Phi) is 6.62. The van der Waals surface area contributed by atoms with Gasteiger partial charge in [0, 0.05) is 50.2 Å². The maximum atomic E-state index is 12.8. The van der Waals surface area contributed by atoms with Crippen LogP contribution in [0.15, 0.2) is 40.0 Å². The number of hydrogen-bond donors (Lipinski definition) is 2. The second-order valence-corrected chi connectivity index (χ2v) is 8.89. The molecule has 4 heterocycles. The molecule has 2 aromatic rings. The number of piperidine rings is 1. The highest BCUT2D eigenvalue weighted by Crippen LogP contribution is 2.41. The summed E-state index contributed by atoms with van der Waals surface area (Å²) in [6.07, 6.45) is 6.57. The summed E-state index contributed by atoms with van der Waals surface area (Å²) >= 11 is 0. The number of nitrogens with one attached hydrogen (secondary N) is 1. The predicted molar refractivity (Wildman–Crippen MR) is 117 cm³/mol. The molecule has 2 fully saturated rings. The number of fused-ring (bicyclic) bond motifs is 4. The highest BCUT2D eigenvalue weighted by atomic mass is 16.4. The largest absolute Gasteiger partial charge is 0.481 e. The van der Waals surface area contributed by atoms with Crippen molar-refractivity contribution in [3.8, 4) is 0 Å². The number of carbonyl (C=O) groups excluding carboxylic acids is 2. The molecule has 0 aromatic carbocycles. The van der Waals surface area contributed by atoms with Gasteiger partial charge in [-0.15, -0.1) is 0 Å². The zero-order valence-corrected chi connectivity index (χ0v) is 18.5. The first-order chi connectivity index (χ1) is 15.8. The van der Waals surface area contributed by atoms with E-state index < -0.39 is 5.97 Å². The lowest BCUT2D eigenvalue weighted by molar-refractivity contribution is -0.134. The molecule has 3 atom stereocenters. The van der Waals surface area contributed by atoms with Gasteiger partial charge in [-0.1, -0.05) is 12.5 Å². The van der Waals surface area contributed by atoms with Crippen LogP contribution in [-0.4, -0.2) is 57.0 Å². The van der Waals surface area contributed by atoms with Gasteiger partial charge in [0.1, 0.15) is 0 Å². The van der Waals surface area contributed by atoms with Crippen molar-refractivity contribution < 1.29 is 23.9 Å². The summed E-state index contributed by atoms with van der Waals surface area (Å²) in [6, 6.07) is 5.15. The molecule has 10 nitrogen and oxygen atoms in total. The van der Waals surface area contributed by atoms with Crippen LogP contribution < -0.4 is 10.9 Å². The van der Waals surface area contributed by atoms with Crippen molar-refractivity contribution in [1.29, 1.82) is 0 Å². The van der Waals surface area contributed by atoms with Gasteiger partial charge in [0.25, 0.3) is 17.4 Å². The number of amides is 2. The van der Waals surface area contributed by atoms with Crippen LogP contribution in [0.1, 0.15) is 60.8 Å². The Labute approximate surface area is 190 Å². The van der Waals surface area contributed by atoms with Crippen molar-refractivity contribution in [2.45, 2.75) is 44.6 Å². The number of carboxylic acid groups (broad SMARTS) is 1. The van der Waals surface area contributed by atoms with Gasteiger partial charge in [-0.2, -0.15) is 0 Å². The number of oxazole rings is 1. The zero-order chi connectivity index (χ0) is 23.5. The van der Waals surface area contributed by atoms with Crippen LogP contribution in [0.25, 0.3) is 0 Å². The van der Waals surface area contributed by atoms with Crippen molar-refractivity contribution in [2.24, 2.45) is 11.8 Å². The van der Waals surface area contributed by atoms with Gasteiger partial charge in [-0.25, -0.2) is 4.98 Å². The van der Waals surface area contributed by atoms with Gasteiger partial charge in [0.05, 0.1) is 12.2 Å². The molecule has 33 heavy (non-hydrogen) atoms. The molecule has 176 valence electrons. The van der Waals surface area contributed by atoms with E-state index >= 15 is 0 Å². The fourth-order valence-electron chi connectivity index (χ4n) is 4.97. The molecular formula is C23H28N4O6. The molecule has 2 aromatic heterocycles. The smallest absolute Gasteiger partial charge is 0.300 e. The van der Waals surface area contributed by atoms with Gasteiger partial charge in [0.2, 0.25) is 11.7 Å². The molecule has 1 saturated heterocycles. The fraction of sp³-hybridized carbons (Fsp3) is 0.522. The summed E-state index contributed by atoms with van der Waals surface area (Å²) in [7, 11) is 0. The molecule has 1 aliphatic carbocycles. The molecule has 2 bridgehead atoms. The van der Waals surface area contributed by atoms with Gasteiger partial charge in [0.15, 0.2) is 6.39 Å². The minimum Gasteiger partial charge on any atom is -0.481 e. The Hall–Kier alpha value is -3.43. The van der Waals surface area contributed by atoms with Crippen LogP contribution in [0.3, 0.4) is 0 Å².